The molecule has 1 amide bonds. The van der Waals surface area contributed by atoms with Gasteiger partial charge in [-0.3, -0.25) is 9.69 Å². The van der Waals surface area contributed by atoms with Gasteiger partial charge in [0.15, 0.2) is 0 Å². The van der Waals surface area contributed by atoms with Crippen molar-refractivity contribution in [3.63, 3.8) is 0 Å². The molecule has 3 rings (SSSR count). The Bertz CT molecular complexity index is 805. The Morgan fingerprint density at radius 1 is 1.10 bits per heavy atom. The minimum absolute atomic E-state index is 0.124. The van der Waals surface area contributed by atoms with E-state index in [4.69, 9.17) is 14.2 Å². The van der Waals surface area contributed by atoms with Gasteiger partial charge in [0.05, 0.1) is 6.61 Å². The average Bonchev–Trinajstić information content (AvgIpc) is 2.79. The van der Waals surface area contributed by atoms with Crippen LogP contribution in [0.2, 0.25) is 0 Å². The van der Waals surface area contributed by atoms with Gasteiger partial charge in [0.2, 0.25) is 0 Å². The van der Waals surface area contributed by atoms with Crippen LogP contribution in [0.25, 0.3) is 0 Å². The second-order valence-corrected chi connectivity index (χ2v) is 7.46. The standard InChI is InChI=1S/C24H32N2O4/c1-3-29-23-9-5-7-20(17-23)24(27)25-18-19-6-4-8-22(16-19)30-15-12-26(2)21-10-13-28-14-11-21/h4-9,16-17,21H,3,10-15,18H2,1-2H3,(H,25,27). The Morgan fingerprint density at radius 3 is 2.60 bits per heavy atom. The number of carbonyl (C=O) groups excluding carboxylic acids is 1. The third-order valence-corrected chi connectivity index (χ3v) is 5.29. The fraction of sp³-hybridized carbons (Fsp3) is 0.458. The van der Waals surface area contributed by atoms with Crippen LogP contribution in [0.15, 0.2) is 48.5 Å². The lowest BCUT2D eigenvalue weighted by Gasteiger charge is -2.31. The number of likely N-dealkylation sites (N-methyl/N-ethyl adjacent to an activating group) is 1. The van der Waals surface area contributed by atoms with Crippen molar-refractivity contribution in [1.82, 2.24) is 10.2 Å². The summed E-state index contributed by atoms with van der Waals surface area (Å²) in [4.78, 5) is 14.8. The first kappa shape index (κ1) is 22.1. The van der Waals surface area contributed by atoms with Crippen molar-refractivity contribution < 1.29 is 19.0 Å². The number of nitrogens with zero attached hydrogens (tertiary/aromatic N) is 1. The molecule has 6 heteroatoms. The van der Waals surface area contributed by atoms with E-state index in [0.717, 1.165) is 43.9 Å². The Morgan fingerprint density at radius 2 is 1.83 bits per heavy atom. The van der Waals surface area contributed by atoms with Gasteiger partial charge in [0, 0.05) is 37.9 Å². The highest BCUT2D eigenvalue weighted by Gasteiger charge is 2.18. The van der Waals surface area contributed by atoms with Gasteiger partial charge in [-0.05, 0) is 62.7 Å². The molecule has 1 N–H and O–H groups in total. The Kier molecular flexibility index (Phi) is 8.53. The predicted octanol–water partition coefficient (Wildman–Crippen LogP) is 3.50. The molecular weight excluding hydrogens is 380 g/mol. The molecule has 0 bridgehead atoms. The van der Waals surface area contributed by atoms with E-state index in [-0.39, 0.29) is 5.91 Å². The number of amides is 1. The number of rotatable bonds is 10. The summed E-state index contributed by atoms with van der Waals surface area (Å²) in [6.07, 6.45) is 2.17. The van der Waals surface area contributed by atoms with Gasteiger partial charge in [-0.25, -0.2) is 0 Å². The molecule has 0 unspecified atom stereocenters. The molecule has 0 radical (unpaired) electrons. The van der Waals surface area contributed by atoms with Gasteiger partial charge in [0.1, 0.15) is 18.1 Å². The summed E-state index contributed by atoms with van der Waals surface area (Å²) < 4.78 is 16.8. The minimum Gasteiger partial charge on any atom is -0.494 e. The van der Waals surface area contributed by atoms with Crippen LogP contribution in [-0.2, 0) is 11.3 Å². The summed E-state index contributed by atoms with van der Waals surface area (Å²) in [7, 11) is 2.14. The van der Waals surface area contributed by atoms with Crippen molar-refractivity contribution in [2.24, 2.45) is 0 Å². The third kappa shape index (κ3) is 6.75. The molecule has 6 nitrogen and oxygen atoms in total. The maximum atomic E-state index is 12.4. The molecule has 1 heterocycles. The lowest BCUT2D eigenvalue weighted by atomic mass is 10.1. The van der Waals surface area contributed by atoms with Crippen molar-refractivity contribution in [2.45, 2.75) is 32.4 Å². The second kappa shape index (κ2) is 11.6. The van der Waals surface area contributed by atoms with E-state index in [1.165, 1.54) is 0 Å². The highest BCUT2D eigenvalue weighted by atomic mass is 16.5. The Hall–Kier alpha value is -2.57. The molecule has 1 saturated heterocycles. The van der Waals surface area contributed by atoms with Crippen molar-refractivity contribution >= 4 is 5.91 Å². The van der Waals surface area contributed by atoms with Crippen molar-refractivity contribution in [2.75, 3.05) is 40.0 Å². The summed E-state index contributed by atoms with van der Waals surface area (Å²) >= 11 is 0. The zero-order valence-electron chi connectivity index (χ0n) is 17.9. The van der Waals surface area contributed by atoms with Crippen molar-refractivity contribution in [1.29, 1.82) is 0 Å². The maximum absolute atomic E-state index is 12.4. The molecule has 0 aliphatic carbocycles. The van der Waals surface area contributed by atoms with E-state index in [1.54, 1.807) is 12.1 Å². The SMILES string of the molecule is CCOc1cccc(C(=O)NCc2cccc(OCCN(C)C3CCOCC3)c2)c1. The van der Waals surface area contributed by atoms with Gasteiger partial charge >= 0.3 is 0 Å². The third-order valence-electron chi connectivity index (χ3n) is 5.29. The number of hydrogen-bond donors (Lipinski definition) is 1. The average molecular weight is 413 g/mol. The highest BCUT2D eigenvalue weighted by Crippen LogP contribution is 2.16. The van der Waals surface area contributed by atoms with E-state index in [0.29, 0.717) is 37.1 Å². The molecule has 2 aromatic rings. The van der Waals surface area contributed by atoms with Crippen LogP contribution in [0.1, 0.15) is 35.7 Å². The number of nitrogens with one attached hydrogen (secondary N) is 1. The normalized spacial score (nSPS) is 14.5. The predicted molar refractivity (Wildman–Crippen MR) is 117 cm³/mol. The molecule has 30 heavy (non-hydrogen) atoms. The summed E-state index contributed by atoms with van der Waals surface area (Å²) in [5.74, 6) is 1.40. The lowest BCUT2D eigenvalue weighted by Crippen LogP contribution is -2.38. The summed E-state index contributed by atoms with van der Waals surface area (Å²) in [6, 6.07) is 15.7. The fourth-order valence-corrected chi connectivity index (χ4v) is 3.54. The van der Waals surface area contributed by atoms with Crippen LogP contribution in [0.5, 0.6) is 11.5 Å². The first-order valence-corrected chi connectivity index (χ1v) is 10.7. The highest BCUT2D eigenvalue weighted by molar-refractivity contribution is 5.94. The van der Waals surface area contributed by atoms with Crippen LogP contribution < -0.4 is 14.8 Å². The van der Waals surface area contributed by atoms with Gasteiger partial charge in [-0.2, -0.15) is 0 Å². The topological polar surface area (TPSA) is 60.0 Å². The monoisotopic (exact) mass is 412 g/mol. The lowest BCUT2D eigenvalue weighted by molar-refractivity contribution is 0.0392. The first-order valence-electron chi connectivity index (χ1n) is 10.7. The van der Waals surface area contributed by atoms with Crippen LogP contribution in [-0.4, -0.2) is 56.9 Å². The zero-order valence-corrected chi connectivity index (χ0v) is 17.9. The first-order chi connectivity index (χ1) is 14.7. The summed E-state index contributed by atoms with van der Waals surface area (Å²) in [5, 5.41) is 2.96. The summed E-state index contributed by atoms with van der Waals surface area (Å²) in [6.45, 7) is 6.14. The van der Waals surface area contributed by atoms with Gasteiger partial charge in [-0.1, -0.05) is 18.2 Å². The minimum atomic E-state index is -0.124. The quantitative estimate of drug-likeness (QED) is 0.647. The molecule has 2 aromatic carbocycles. The maximum Gasteiger partial charge on any atom is 0.251 e. The molecule has 1 aliphatic heterocycles. The molecule has 0 spiro atoms. The number of ether oxygens (including phenoxy) is 3. The van der Waals surface area contributed by atoms with Crippen molar-refractivity contribution in [3.8, 4) is 11.5 Å². The molecule has 162 valence electrons. The zero-order chi connectivity index (χ0) is 21.2. The van der Waals surface area contributed by atoms with Crippen LogP contribution in [0.4, 0.5) is 0 Å². The van der Waals surface area contributed by atoms with E-state index in [9.17, 15) is 4.79 Å². The Balaban J connectivity index is 1.45. The van der Waals surface area contributed by atoms with E-state index in [1.807, 2.05) is 43.3 Å². The number of carbonyl (C=O) groups is 1. The molecule has 0 saturated carbocycles. The molecule has 0 atom stereocenters. The smallest absolute Gasteiger partial charge is 0.251 e. The summed E-state index contributed by atoms with van der Waals surface area (Å²) in [5.41, 5.74) is 1.59. The number of hydrogen-bond acceptors (Lipinski definition) is 5. The fourth-order valence-electron chi connectivity index (χ4n) is 3.54. The number of benzene rings is 2. The second-order valence-electron chi connectivity index (χ2n) is 7.46. The van der Waals surface area contributed by atoms with Crippen LogP contribution in [0.3, 0.4) is 0 Å². The molecule has 1 fully saturated rings. The molecule has 0 aromatic heterocycles. The van der Waals surface area contributed by atoms with E-state index < -0.39 is 0 Å². The van der Waals surface area contributed by atoms with Gasteiger partial charge < -0.3 is 19.5 Å². The van der Waals surface area contributed by atoms with Gasteiger partial charge in [0.25, 0.3) is 5.91 Å². The Labute approximate surface area is 179 Å². The van der Waals surface area contributed by atoms with Gasteiger partial charge in [-0.15, -0.1) is 0 Å². The van der Waals surface area contributed by atoms with E-state index >= 15 is 0 Å². The molecule has 1 aliphatic rings. The molecular formula is C24H32N2O4. The van der Waals surface area contributed by atoms with Crippen LogP contribution in [0, 0.1) is 0 Å². The van der Waals surface area contributed by atoms with Crippen molar-refractivity contribution in [3.05, 3.63) is 59.7 Å². The van der Waals surface area contributed by atoms with Crippen LogP contribution >= 0.6 is 0 Å². The largest absolute Gasteiger partial charge is 0.494 e. The van der Waals surface area contributed by atoms with E-state index in [2.05, 4.69) is 17.3 Å².